The molecule has 3 aromatic rings. The zero-order valence-electron chi connectivity index (χ0n) is 20.5. The molecule has 2 aliphatic carbocycles. The quantitative estimate of drug-likeness (QED) is 0.411. The van der Waals surface area contributed by atoms with E-state index in [1.807, 2.05) is 6.92 Å². The minimum Gasteiger partial charge on any atom is -0.349 e. The number of nitrogens with one attached hydrogen (secondary N) is 3. The highest BCUT2D eigenvalue weighted by atomic mass is 32.2. The standard InChI is InChI=1S/C27H33FN4O3S/c1-17(18-6-10-21(28)11-7-18)29-27(33)20-8-12-22(13-9-20)32-36(34,35)23-14-15-24-25(16-23)31-26(30-24)19-4-2-3-5-19/h6-7,10-11,14-17,19-20,22,32H,2-5,8-9,12-13H2,1H3,(H,29,33)(H,30,31)/t17-,20?,22?/m1/s1. The maximum Gasteiger partial charge on any atom is 0.240 e. The first-order valence-electron chi connectivity index (χ1n) is 12.9. The number of halogens is 1. The van der Waals surface area contributed by atoms with Crippen LogP contribution in [0, 0.1) is 11.7 Å². The van der Waals surface area contributed by atoms with Crippen molar-refractivity contribution in [2.75, 3.05) is 0 Å². The van der Waals surface area contributed by atoms with Crippen molar-refractivity contribution in [3.63, 3.8) is 0 Å². The second-order valence-electron chi connectivity index (χ2n) is 10.2. The molecule has 2 aliphatic rings. The number of carbonyl (C=O) groups is 1. The van der Waals surface area contributed by atoms with Gasteiger partial charge in [-0.05, 0) is 81.3 Å². The van der Waals surface area contributed by atoms with E-state index in [4.69, 9.17) is 0 Å². The first kappa shape index (κ1) is 24.9. The van der Waals surface area contributed by atoms with Gasteiger partial charge < -0.3 is 10.3 Å². The van der Waals surface area contributed by atoms with Gasteiger partial charge in [0.2, 0.25) is 15.9 Å². The number of aromatic nitrogens is 2. The Bertz CT molecular complexity index is 1320. The minimum absolute atomic E-state index is 0.0455. The van der Waals surface area contributed by atoms with Gasteiger partial charge in [-0.1, -0.05) is 25.0 Å². The van der Waals surface area contributed by atoms with Gasteiger partial charge in [-0.3, -0.25) is 4.79 Å². The maximum absolute atomic E-state index is 13.2. The fraction of sp³-hybridized carbons (Fsp3) is 0.481. The average Bonchev–Trinajstić information content (AvgIpc) is 3.54. The number of imidazole rings is 1. The minimum atomic E-state index is -3.69. The summed E-state index contributed by atoms with van der Waals surface area (Å²) in [6.45, 7) is 1.87. The molecule has 0 radical (unpaired) electrons. The molecular weight excluding hydrogens is 479 g/mol. The van der Waals surface area contributed by atoms with Crippen LogP contribution in [-0.2, 0) is 14.8 Å². The predicted octanol–water partition coefficient (Wildman–Crippen LogP) is 5.07. The van der Waals surface area contributed by atoms with Crippen molar-refractivity contribution in [3.05, 3.63) is 59.7 Å². The van der Waals surface area contributed by atoms with Crippen LogP contribution in [0.5, 0.6) is 0 Å². The van der Waals surface area contributed by atoms with Gasteiger partial charge in [-0.2, -0.15) is 0 Å². The summed E-state index contributed by atoms with van der Waals surface area (Å²) in [7, 11) is -3.69. The van der Waals surface area contributed by atoms with Crippen LogP contribution in [0.1, 0.15) is 81.6 Å². The Morgan fingerprint density at radius 1 is 1.03 bits per heavy atom. The third-order valence-corrected chi connectivity index (χ3v) is 9.19. The lowest BCUT2D eigenvalue weighted by Gasteiger charge is -2.29. The summed E-state index contributed by atoms with van der Waals surface area (Å²) in [5.41, 5.74) is 2.38. The fourth-order valence-electron chi connectivity index (χ4n) is 5.50. The Morgan fingerprint density at radius 2 is 1.72 bits per heavy atom. The molecule has 3 N–H and O–H groups in total. The van der Waals surface area contributed by atoms with Crippen LogP contribution in [0.4, 0.5) is 4.39 Å². The Hall–Kier alpha value is -2.78. The van der Waals surface area contributed by atoms with Crippen molar-refractivity contribution in [2.24, 2.45) is 5.92 Å². The molecule has 2 saturated carbocycles. The Kier molecular flexibility index (Phi) is 7.12. The molecule has 192 valence electrons. The van der Waals surface area contributed by atoms with Gasteiger partial charge in [0.1, 0.15) is 11.6 Å². The predicted molar refractivity (Wildman–Crippen MR) is 136 cm³/mol. The Morgan fingerprint density at radius 3 is 2.42 bits per heavy atom. The van der Waals surface area contributed by atoms with Crippen LogP contribution in [0.25, 0.3) is 11.0 Å². The molecule has 1 aromatic heterocycles. The van der Waals surface area contributed by atoms with E-state index in [0.29, 0.717) is 31.6 Å². The molecule has 1 atom stereocenters. The van der Waals surface area contributed by atoms with Gasteiger partial charge in [0.15, 0.2) is 0 Å². The molecule has 2 fully saturated rings. The first-order chi connectivity index (χ1) is 17.3. The van der Waals surface area contributed by atoms with Crippen molar-refractivity contribution < 1.29 is 17.6 Å². The third kappa shape index (κ3) is 5.47. The van der Waals surface area contributed by atoms with Gasteiger partial charge >= 0.3 is 0 Å². The number of rotatable bonds is 7. The fourth-order valence-corrected chi connectivity index (χ4v) is 6.83. The summed E-state index contributed by atoms with van der Waals surface area (Å²) in [6, 6.07) is 10.7. The zero-order valence-corrected chi connectivity index (χ0v) is 21.3. The summed E-state index contributed by atoms with van der Waals surface area (Å²) in [5.74, 6) is 0.869. The highest BCUT2D eigenvalue weighted by Crippen LogP contribution is 2.34. The number of fused-ring (bicyclic) bond motifs is 1. The second kappa shape index (κ2) is 10.3. The van der Waals surface area contributed by atoms with Crippen molar-refractivity contribution in [1.29, 1.82) is 0 Å². The van der Waals surface area contributed by atoms with Gasteiger partial charge in [-0.15, -0.1) is 0 Å². The molecule has 0 aliphatic heterocycles. The van der Waals surface area contributed by atoms with Crippen LogP contribution in [-0.4, -0.2) is 30.3 Å². The average molecular weight is 513 g/mol. The van der Waals surface area contributed by atoms with E-state index in [9.17, 15) is 17.6 Å². The van der Waals surface area contributed by atoms with E-state index >= 15 is 0 Å². The molecule has 2 aromatic carbocycles. The molecule has 0 unspecified atom stereocenters. The van der Waals surface area contributed by atoms with Crippen molar-refractivity contribution >= 4 is 27.0 Å². The highest BCUT2D eigenvalue weighted by molar-refractivity contribution is 7.89. The lowest BCUT2D eigenvalue weighted by Crippen LogP contribution is -2.41. The number of hydrogen-bond donors (Lipinski definition) is 3. The zero-order chi connectivity index (χ0) is 25.3. The number of hydrogen-bond acceptors (Lipinski definition) is 4. The number of aromatic amines is 1. The topological polar surface area (TPSA) is 104 Å². The van der Waals surface area contributed by atoms with E-state index in [2.05, 4.69) is 20.0 Å². The van der Waals surface area contributed by atoms with Crippen LogP contribution in [0.2, 0.25) is 0 Å². The maximum atomic E-state index is 13.2. The largest absolute Gasteiger partial charge is 0.349 e. The van der Waals surface area contributed by atoms with Crippen molar-refractivity contribution in [3.8, 4) is 0 Å². The highest BCUT2D eigenvalue weighted by Gasteiger charge is 2.30. The number of H-pyrrole nitrogens is 1. The third-order valence-electron chi connectivity index (χ3n) is 7.67. The monoisotopic (exact) mass is 512 g/mol. The van der Waals surface area contributed by atoms with Crippen LogP contribution in [0.15, 0.2) is 47.4 Å². The summed E-state index contributed by atoms with van der Waals surface area (Å²) in [4.78, 5) is 21.0. The van der Waals surface area contributed by atoms with Gasteiger partial charge in [0, 0.05) is 17.9 Å². The van der Waals surface area contributed by atoms with Crippen molar-refractivity contribution in [1.82, 2.24) is 20.0 Å². The molecule has 1 heterocycles. The molecule has 7 nitrogen and oxygen atoms in total. The smallest absolute Gasteiger partial charge is 0.240 e. The summed E-state index contributed by atoms with van der Waals surface area (Å²) >= 11 is 0. The molecule has 1 amide bonds. The van der Waals surface area contributed by atoms with Crippen LogP contribution in [0.3, 0.4) is 0 Å². The summed E-state index contributed by atoms with van der Waals surface area (Å²) in [6.07, 6.45) is 7.08. The molecule has 5 rings (SSSR count). The van der Waals surface area contributed by atoms with Gasteiger partial charge in [-0.25, -0.2) is 22.5 Å². The summed E-state index contributed by atoms with van der Waals surface area (Å²) < 4.78 is 42.2. The van der Waals surface area contributed by atoms with Gasteiger partial charge in [0.25, 0.3) is 0 Å². The molecule has 0 spiro atoms. The second-order valence-corrected chi connectivity index (χ2v) is 11.9. The Labute approximate surface area is 211 Å². The van der Waals surface area contributed by atoms with Crippen molar-refractivity contribution in [2.45, 2.75) is 81.2 Å². The lowest BCUT2D eigenvalue weighted by molar-refractivity contribution is -0.126. The normalized spacial score (nSPS) is 22.1. The number of benzene rings is 2. The van der Waals surface area contributed by atoms with E-state index in [1.54, 1.807) is 30.3 Å². The van der Waals surface area contributed by atoms with Crippen LogP contribution >= 0.6 is 0 Å². The molecular formula is C27H33FN4O3S. The van der Waals surface area contributed by atoms with Crippen LogP contribution < -0.4 is 10.0 Å². The number of carbonyl (C=O) groups excluding carboxylic acids is 1. The first-order valence-corrected chi connectivity index (χ1v) is 14.3. The number of sulfonamides is 1. The number of amides is 1. The van der Waals surface area contributed by atoms with E-state index in [-0.39, 0.29) is 34.6 Å². The van der Waals surface area contributed by atoms with E-state index in [0.717, 1.165) is 35.3 Å². The SMILES string of the molecule is C[C@@H](NC(=O)C1CCC(NS(=O)(=O)c2ccc3nc(C4CCCC4)[nH]c3c2)CC1)c1ccc(F)cc1. The molecule has 36 heavy (non-hydrogen) atoms. The number of nitrogens with zero attached hydrogens (tertiary/aromatic N) is 1. The molecule has 0 bridgehead atoms. The molecule has 0 saturated heterocycles. The Balaban J connectivity index is 1.17. The molecule has 9 heteroatoms. The van der Waals surface area contributed by atoms with E-state index in [1.165, 1.54) is 25.0 Å². The lowest BCUT2D eigenvalue weighted by atomic mass is 9.85. The summed E-state index contributed by atoms with van der Waals surface area (Å²) in [5, 5.41) is 3.00. The van der Waals surface area contributed by atoms with E-state index < -0.39 is 10.0 Å². The van der Waals surface area contributed by atoms with Gasteiger partial charge in [0.05, 0.1) is 22.0 Å².